The maximum absolute atomic E-state index is 12.1. The summed E-state index contributed by atoms with van der Waals surface area (Å²) in [5, 5.41) is 1.30. The lowest BCUT2D eigenvalue weighted by molar-refractivity contribution is -0.142. The second kappa shape index (κ2) is 6.39. The number of nitrogens with zero attached hydrogens (tertiary/aromatic N) is 1. The zero-order valence-corrected chi connectivity index (χ0v) is 14.7. The topological polar surface area (TPSA) is 71.3 Å². The summed E-state index contributed by atoms with van der Waals surface area (Å²) in [6.07, 6.45) is 2.60. The number of carbonyl (C=O) groups is 1. The molecule has 1 aromatic heterocycles. The van der Waals surface area contributed by atoms with E-state index in [1.165, 1.54) is 22.2 Å². The molecule has 3 heterocycles. The van der Waals surface area contributed by atoms with Gasteiger partial charge in [0, 0.05) is 24.0 Å². The molecule has 1 saturated heterocycles. The Morgan fingerprint density at radius 3 is 2.75 bits per heavy atom. The van der Waals surface area contributed by atoms with Crippen LogP contribution in [0.1, 0.15) is 31.0 Å². The summed E-state index contributed by atoms with van der Waals surface area (Å²) in [7, 11) is 0. The molecule has 1 atom stereocenters. The van der Waals surface area contributed by atoms with Crippen LogP contribution in [0.3, 0.4) is 0 Å². The van der Waals surface area contributed by atoms with Crippen molar-refractivity contribution in [3.63, 3.8) is 0 Å². The van der Waals surface area contributed by atoms with Gasteiger partial charge in [0.25, 0.3) is 0 Å². The molecule has 2 aromatic rings. The number of halogens is 1. The van der Waals surface area contributed by atoms with E-state index in [0.29, 0.717) is 13.1 Å². The van der Waals surface area contributed by atoms with E-state index in [1.807, 2.05) is 4.90 Å². The zero-order chi connectivity index (χ0) is 16.0. The molecule has 24 heavy (non-hydrogen) atoms. The van der Waals surface area contributed by atoms with Crippen molar-refractivity contribution in [2.75, 3.05) is 19.7 Å². The minimum Gasteiger partial charge on any atom is -0.368 e. The molecule has 5 nitrogen and oxygen atoms in total. The number of nitrogens with one attached hydrogen (secondary N) is 1. The summed E-state index contributed by atoms with van der Waals surface area (Å²) < 4.78 is 6.25. The third-order valence-corrected chi connectivity index (χ3v) is 5.27. The molecule has 0 bridgehead atoms. The Balaban J connectivity index is 0.00000169. The molecule has 1 fully saturated rings. The molecule has 6 heteroatoms. The van der Waals surface area contributed by atoms with Gasteiger partial charge < -0.3 is 20.4 Å². The molecular formula is C18H24ClN3O2. The highest BCUT2D eigenvalue weighted by atomic mass is 35.5. The van der Waals surface area contributed by atoms with Gasteiger partial charge in [0.2, 0.25) is 5.91 Å². The van der Waals surface area contributed by atoms with E-state index in [9.17, 15) is 4.79 Å². The fraction of sp³-hybridized carbons (Fsp3) is 0.500. The molecule has 4 rings (SSSR count). The number of benzene rings is 1. The number of hydrogen-bond acceptors (Lipinski definition) is 3. The molecule has 0 radical (unpaired) electrons. The number of carbonyl (C=O) groups excluding carboxylic acids is 1. The Kier molecular flexibility index (Phi) is 4.60. The fourth-order valence-corrected chi connectivity index (χ4v) is 4.04. The number of amides is 1. The van der Waals surface area contributed by atoms with Crippen LogP contribution in [0.5, 0.6) is 0 Å². The Bertz CT molecular complexity index is 748. The van der Waals surface area contributed by atoms with Gasteiger partial charge in [0.1, 0.15) is 5.60 Å². The third kappa shape index (κ3) is 2.61. The molecule has 0 aliphatic carbocycles. The number of rotatable bonds is 1. The average Bonchev–Trinajstić information content (AvgIpc) is 2.96. The van der Waals surface area contributed by atoms with Crippen molar-refractivity contribution in [2.24, 2.45) is 5.73 Å². The first-order valence-electron chi connectivity index (χ1n) is 8.39. The maximum Gasteiger partial charge on any atom is 0.239 e. The minimum absolute atomic E-state index is 0. The average molecular weight is 350 g/mol. The standard InChI is InChI=1S/C18H23N3O2.ClH/c1-12(19)17(22)21-9-7-18(8-10-21)16-14(6-11-23-18)13-4-2-3-5-15(13)20-16;/h2-5,12,20H,6-11,19H2,1H3;1H/t12-;/m1./s1. The molecule has 2 aliphatic rings. The second-order valence-electron chi connectivity index (χ2n) is 6.73. The quantitative estimate of drug-likeness (QED) is 0.830. The van der Waals surface area contributed by atoms with E-state index >= 15 is 0 Å². The van der Waals surface area contributed by atoms with Crippen molar-refractivity contribution in [3.05, 3.63) is 35.5 Å². The number of aromatic amines is 1. The minimum atomic E-state index is -0.431. The Hall–Kier alpha value is -1.56. The van der Waals surface area contributed by atoms with Crippen molar-refractivity contribution < 1.29 is 9.53 Å². The highest BCUT2D eigenvalue weighted by Crippen LogP contribution is 2.43. The van der Waals surface area contributed by atoms with E-state index < -0.39 is 6.04 Å². The summed E-state index contributed by atoms with van der Waals surface area (Å²) in [6.45, 7) is 3.90. The van der Waals surface area contributed by atoms with Crippen LogP contribution in [0, 0.1) is 0 Å². The molecule has 1 spiro atoms. The van der Waals surface area contributed by atoms with Gasteiger partial charge in [-0.2, -0.15) is 0 Å². The predicted molar refractivity (Wildman–Crippen MR) is 96.3 cm³/mol. The summed E-state index contributed by atoms with van der Waals surface area (Å²) >= 11 is 0. The molecule has 1 aromatic carbocycles. The van der Waals surface area contributed by atoms with E-state index in [-0.39, 0.29) is 23.9 Å². The van der Waals surface area contributed by atoms with Crippen molar-refractivity contribution in [3.8, 4) is 0 Å². The summed E-state index contributed by atoms with van der Waals surface area (Å²) in [4.78, 5) is 17.6. The van der Waals surface area contributed by atoms with Crippen molar-refractivity contribution in [2.45, 2.75) is 37.8 Å². The number of piperidine rings is 1. The number of hydrogen-bond donors (Lipinski definition) is 2. The first-order valence-corrected chi connectivity index (χ1v) is 8.39. The monoisotopic (exact) mass is 349 g/mol. The third-order valence-electron chi connectivity index (χ3n) is 5.27. The van der Waals surface area contributed by atoms with Gasteiger partial charge >= 0.3 is 0 Å². The normalized spacial score (nSPS) is 20.5. The number of nitrogens with two attached hydrogens (primary N) is 1. The largest absolute Gasteiger partial charge is 0.368 e. The van der Waals surface area contributed by atoms with Crippen LogP contribution in [-0.4, -0.2) is 41.5 Å². The van der Waals surface area contributed by atoms with Gasteiger partial charge in [-0.15, -0.1) is 12.4 Å². The molecule has 0 saturated carbocycles. The van der Waals surface area contributed by atoms with E-state index in [4.69, 9.17) is 10.5 Å². The molecule has 1 amide bonds. The van der Waals surface area contributed by atoms with Gasteiger partial charge in [-0.1, -0.05) is 18.2 Å². The Labute approximate surface area is 147 Å². The molecular weight excluding hydrogens is 326 g/mol. The number of para-hydroxylation sites is 1. The van der Waals surface area contributed by atoms with Crippen molar-refractivity contribution in [1.29, 1.82) is 0 Å². The van der Waals surface area contributed by atoms with Gasteiger partial charge in [-0.05, 0) is 37.8 Å². The summed E-state index contributed by atoms with van der Waals surface area (Å²) in [6, 6.07) is 8.01. The molecule has 3 N–H and O–H groups in total. The fourth-order valence-electron chi connectivity index (χ4n) is 4.04. The molecule has 2 aliphatic heterocycles. The number of fused-ring (bicyclic) bond motifs is 4. The van der Waals surface area contributed by atoms with Gasteiger partial charge in [0.05, 0.1) is 18.3 Å². The zero-order valence-electron chi connectivity index (χ0n) is 13.9. The van der Waals surface area contributed by atoms with Gasteiger partial charge in [0.15, 0.2) is 0 Å². The highest BCUT2D eigenvalue weighted by molar-refractivity contribution is 5.86. The lowest BCUT2D eigenvalue weighted by Crippen LogP contribution is -2.51. The van der Waals surface area contributed by atoms with Crippen LogP contribution < -0.4 is 5.73 Å². The maximum atomic E-state index is 12.1. The Morgan fingerprint density at radius 2 is 2.04 bits per heavy atom. The van der Waals surface area contributed by atoms with Gasteiger partial charge in [-0.3, -0.25) is 4.79 Å². The first-order chi connectivity index (χ1) is 11.1. The molecule has 0 unspecified atom stereocenters. The lowest BCUT2D eigenvalue weighted by atomic mass is 9.83. The van der Waals surface area contributed by atoms with Gasteiger partial charge in [-0.25, -0.2) is 0 Å². The summed E-state index contributed by atoms with van der Waals surface area (Å²) in [5.74, 6) is 0.0347. The molecule has 130 valence electrons. The van der Waals surface area contributed by atoms with Crippen LogP contribution in [-0.2, 0) is 21.6 Å². The predicted octanol–water partition coefficient (Wildman–Crippen LogP) is 2.33. The smallest absolute Gasteiger partial charge is 0.239 e. The van der Waals surface area contributed by atoms with Crippen LogP contribution in [0.15, 0.2) is 24.3 Å². The lowest BCUT2D eigenvalue weighted by Gasteiger charge is -2.44. The highest BCUT2D eigenvalue weighted by Gasteiger charge is 2.43. The van der Waals surface area contributed by atoms with E-state index in [0.717, 1.165) is 25.9 Å². The van der Waals surface area contributed by atoms with Crippen molar-refractivity contribution in [1.82, 2.24) is 9.88 Å². The summed E-state index contributed by atoms with van der Waals surface area (Å²) in [5.41, 5.74) is 9.24. The first kappa shape index (κ1) is 17.3. The number of likely N-dealkylation sites (tertiary alicyclic amines) is 1. The number of H-pyrrole nitrogens is 1. The van der Waals surface area contributed by atoms with Crippen LogP contribution >= 0.6 is 12.4 Å². The second-order valence-corrected chi connectivity index (χ2v) is 6.73. The number of ether oxygens (including phenoxy) is 1. The van der Waals surface area contributed by atoms with Crippen LogP contribution in [0.25, 0.3) is 10.9 Å². The van der Waals surface area contributed by atoms with Crippen LogP contribution in [0.2, 0.25) is 0 Å². The Morgan fingerprint density at radius 1 is 1.33 bits per heavy atom. The van der Waals surface area contributed by atoms with E-state index in [2.05, 4.69) is 29.2 Å². The number of aromatic nitrogens is 1. The van der Waals surface area contributed by atoms with E-state index in [1.54, 1.807) is 6.92 Å². The van der Waals surface area contributed by atoms with Crippen LogP contribution in [0.4, 0.5) is 0 Å². The van der Waals surface area contributed by atoms with Crippen molar-refractivity contribution >= 4 is 29.2 Å². The SMILES string of the molecule is C[C@@H](N)C(=O)N1CCC2(CC1)OCCc1c2[nH]c2ccccc12.Cl.